The van der Waals surface area contributed by atoms with Crippen molar-refractivity contribution in [1.82, 2.24) is 0 Å². The summed E-state index contributed by atoms with van der Waals surface area (Å²) in [6.07, 6.45) is 4.74. The van der Waals surface area contributed by atoms with Gasteiger partial charge in [0.25, 0.3) is 0 Å². The van der Waals surface area contributed by atoms with E-state index in [0.717, 1.165) is 12.8 Å². The summed E-state index contributed by atoms with van der Waals surface area (Å²) in [7, 11) is 1.46. The zero-order valence-corrected chi connectivity index (χ0v) is 8.03. The summed E-state index contributed by atoms with van der Waals surface area (Å²) in [5.41, 5.74) is 6.04. The molecule has 3 aliphatic carbocycles. The predicted molar refractivity (Wildman–Crippen MR) is 48.9 cm³/mol. The van der Waals surface area contributed by atoms with Gasteiger partial charge in [0.15, 0.2) is 0 Å². The third-order valence-electron chi connectivity index (χ3n) is 3.76. The third-order valence-corrected chi connectivity index (χ3v) is 3.76. The Morgan fingerprint density at radius 2 is 1.77 bits per heavy atom. The van der Waals surface area contributed by atoms with Crippen molar-refractivity contribution >= 4 is 5.97 Å². The fourth-order valence-electron chi connectivity index (χ4n) is 2.98. The Hall–Kier alpha value is -0.570. The van der Waals surface area contributed by atoms with E-state index in [2.05, 4.69) is 0 Å². The van der Waals surface area contributed by atoms with Crippen LogP contribution in [0, 0.1) is 17.8 Å². The van der Waals surface area contributed by atoms with Gasteiger partial charge in [-0.15, -0.1) is 0 Å². The molecule has 3 nitrogen and oxygen atoms in total. The molecule has 0 saturated heterocycles. The van der Waals surface area contributed by atoms with Crippen LogP contribution in [0.2, 0.25) is 0 Å². The summed E-state index contributed by atoms with van der Waals surface area (Å²) in [6, 6.07) is 0.0555. The van der Waals surface area contributed by atoms with Gasteiger partial charge in [-0.1, -0.05) is 0 Å². The molecule has 0 aromatic carbocycles. The first-order chi connectivity index (χ1) is 6.24. The summed E-state index contributed by atoms with van der Waals surface area (Å²) < 4.78 is 4.79. The van der Waals surface area contributed by atoms with E-state index in [-0.39, 0.29) is 17.9 Å². The van der Waals surface area contributed by atoms with Gasteiger partial charge in [0, 0.05) is 6.04 Å². The maximum Gasteiger partial charge on any atom is 0.310 e. The molecule has 3 rings (SSSR count). The van der Waals surface area contributed by atoms with Crippen molar-refractivity contribution in [2.24, 2.45) is 23.5 Å². The number of fused-ring (bicyclic) bond motifs is 3. The van der Waals surface area contributed by atoms with E-state index in [1.54, 1.807) is 0 Å². The average molecular weight is 183 g/mol. The lowest BCUT2D eigenvalue weighted by atomic mass is 9.62. The van der Waals surface area contributed by atoms with Crippen LogP contribution in [-0.2, 0) is 9.53 Å². The van der Waals surface area contributed by atoms with Gasteiger partial charge in [-0.25, -0.2) is 0 Å². The monoisotopic (exact) mass is 183 g/mol. The standard InChI is InChI=1S/C10H17NO2/c1-13-10(12)8-6-2-4-7(5-3-6)9(8)11/h6-9H,2-5,11H2,1H3/t6?,7?,8?,9-/m0/s1. The van der Waals surface area contributed by atoms with Gasteiger partial charge in [-0.2, -0.15) is 0 Å². The summed E-state index contributed by atoms with van der Waals surface area (Å²) in [5.74, 6) is 0.945. The molecule has 0 aliphatic heterocycles. The molecule has 3 aliphatic rings. The van der Waals surface area contributed by atoms with Gasteiger partial charge in [-0.05, 0) is 37.5 Å². The van der Waals surface area contributed by atoms with Crippen LogP contribution in [-0.4, -0.2) is 19.1 Å². The zero-order valence-electron chi connectivity index (χ0n) is 8.03. The number of ether oxygens (including phenoxy) is 1. The molecule has 3 fully saturated rings. The Balaban J connectivity index is 2.14. The number of hydrogen-bond donors (Lipinski definition) is 1. The number of methoxy groups -OCH3 is 1. The number of rotatable bonds is 1. The molecule has 0 spiro atoms. The molecule has 13 heavy (non-hydrogen) atoms. The minimum Gasteiger partial charge on any atom is -0.469 e. The van der Waals surface area contributed by atoms with E-state index < -0.39 is 0 Å². The molecule has 1 unspecified atom stereocenters. The van der Waals surface area contributed by atoms with Crippen LogP contribution in [0.15, 0.2) is 0 Å². The van der Waals surface area contributed by atoms with E-state index >= 15 is 0 Å². The van der Waals surface area contributed by atoms with Crippen molar-refractivity contribution < 1.29 is 9.53 Å². The third kappa shape index (κ3) is 1.35. The second kappa shape index (κ2) is 3.29. The Morgan fingerprint density at radius 1 is 1.23 bits per heavy atom. The first-order valence-corrected chi connectivity index (χ1v) is 5.07. The Bertz CT molecular complexity index is 207. The number of hydrogen-bond acceptors (Lipinski definition) is 3. The Labute approximate surface area is 78.6 Å². The quantitative estimate of drug-likeness (QED) is 0.615. The van der Waals surface area contributed by atoms with Crippen molar-refractivity contribution in [1.29, 1.82) is 0 Å². The van der Waals surface area contributed by atoms with E-state index in [9.17, 15) is 4.79 Å². The van der Waals surface area contributed by atoms with Gasteiger partial charge in [0.2, 0.25) is 0 Å². The van der Waals surface area contributed by atoms with Gasteiger partial charge >= 0.3 is 5.97 Å². The topological polar surface area (TPSA) is 52.3 Å². The zero-order chi connectivity index (χ0) is 9.42. The molecule has 0 amide bonds. The molecular formula is C10H17NO2. The number of esters is 1. The molecule has 2 N–H and O–H groups in total. The predicted octanol–water partition coefficient (Wildman–Crippen LogP) is 0.923. The molecule has 3 saturated carbocycles. The van der Waals surface area contributed by atoms with Crippen LogP contribution in [0.25, 0.3) is 0 Å². The van der Waals surface area contributed by atoms with Gasteiger partial charge in [-0.3, -0.25) is 4.79 Å². The van der Waals surface area contributed by atoms with Crippen LogP contribution in [0.4, 0.5) is 0 Å². The average Bonchev–Trinajstić information content (AvgIpc) is 2.18. The van der Waals surface area contributed by atoms with Crippen molar-refractivity contribution in [2.45, 2.75) is 31.7 Å². The van der Waals surface area contributed by atoms with Gasteiger partial charge in [0.05, 0.1) is 13.0 Å². The van der Waals surface area contributed by atoms with E-state index in [4.69, 9.17) is 10.5 Å². The van der Waals surface area contributed by atoms with Crippen molar-refractivity contribution in [2.75, 3.05) is 7.11 Å². The van der Waals surface area contributed by atoms with Gasteiger partial charge in [0.1, 0.15) is 0 Å². The maximum absolute atomic E-state index is 11.5. The van der Waals surface area contributed by atoms with Gasteiger partial charge < -0.3 is 10.5 Å². The first-order valence-electron chi connectivity index (χ1n) is 5.07. The second-order valence-corrected chi connectivity index (χ2v) is 4.30. The minimum atomic E-state index is -0.0955. The summed E-state index contributed by atoms with van der Waals surface area (Å²) in [4.78, 5) is 11.5. The first kappa shape index (κ1) is 9.00. The highest BCUT2D eigenvalue weighted by atomic mass is 16.5. The Morgan fingerprint density at radius 3 is 2.23 bits per heavy atom. The second-order valence-electron chi connectivity index (χ2n) is 4.30. The summed E-state index contributed by atoms with van der Waals surface area (Å²) in [5, 5.41) is 0. The fraction of sp³-hybridized carbons (Fsp3) is 0.900. The highest BCUT2D eigenvalue weighted by Gasteiger charge is 2.45. The van der Waals surface area contributed by atoms with E-state index in [1.165, 1.54) is 20.0 Å². The molecular weight excluding hydrogens is 166 g/mol. The smallest absolute Gasteiger partial charge is 0.310 e. The number of nitrogens with two attached hydrogens (primary N) is 1. The summed E-state index contributed by atoms with van der Waals surface area (Å²) in [6.45, 7) is 0. The lowest BCUT2D eigenvalue weighted by molar-refractivity contribution is -0.152. The van der Waals surface area contributed by atoms with E-state index in [0.29, 0.717) is 11.8 Å². The van der Waals surface area contributed by atoms with Crippen molar-refractivity contribution in [3.8, 4) is 0 Å². The van der Waals surface area contributed by atoms with Crippen LogP contribution < -0.4 is 5.73 Å². The molecule has 2 atom stereocenters. The molecule has 0 aromatic rings. The van der Waals surface area contributed by atoms with Crippen LogP contribution in [0.1, 0.15) is 25.7 Å². The normalized spacial score (nSPS) is 43.2. The largest absolute Gasteiger partial charge is 0.469 e. The van der Waals surface area contributed by atoms with Crippen LogP contribution in [0.3, 0.4) is 0 Å². The Kier molecular flexibility index (Phi) is 2.28. The van der Waals surface area contributed by atoms with Crippen molar-refractivity contribution in [3.63, 3.8) is 0 Å². The van der Waals surface area contributed by atoms with E-state index in [1.807, 2.05) is 0 Å². The SMILES string of the molecule is COC(=O)C1C2CCC(CC2)[C@@H]1N. The van der Waals surface area contributed by atoms with Crippen LogP contribution >= 0.6 is 0 Å². The summed E-state index contributed by atoms with van der Waals surface area (Å²) >= 11 is 0. The highest BCUT2D eigenvalue weighted by molar-refractivity contribution is 5.74. The molecule has 74 valence electrons. The molecule has 0 aromatic heterocycles. The highest BCUT2D eigenvalue weighted by Crippen LogP contribution is 2.44. The number of carbonyl (C=O) groups is 1. The number of carbonyl (C=O) groups excluding carboxylic acids is 1. The molecule has 0 radical (unpaired) electrons. The lowest BCUT2D eigenvalue weighted by Crippen LogP contribution is -2.52. The minimum absolute atomic E-state index is 0.0162. The lowest BCUT2D eigenvalue weighted by Gasteiger charge is -2.45. The van der Waals surface area contributed by atoms with Crippen molar-refractivity contribution in [3.05, 3.63) is 0 Å². The molecule has 3 heteroatoms. The fourth-order valence-corrected chi connectivity index (χ4v) is 2.98. The molecule has 2 bridgehead atoms. The maximum atomic E-state index is 11.5. The van der Waals surface area contributed by atoms with Crippen LogP contribution in [0.5, 0.6) is 0 Å². The molecule has 0 heterocycles.